The molecule has 0 heterocycles. The highest BCUT2D eigenvalue weighted by molar-refractivity contribution is 5.98. The van der Waals surface area contributed by atoms with Crippen molar-refractivity contribution in [2.75, 3.05) is 13.2 Å². The average Bonchev–Trinajstić information content (AvgIpc) is 2.59. The van der Waals surface area contributed by atoms with Crippen LogP contribution in [0.3, 0.4) is 0 Å². The van der Waals surface area contributed by atoms with Crippen LogP contribution in [0, 0.1) is 22.7 Å². The van der Waals surface area contributed by atoms with E-state index in [1.54, 1.807) is 50.3 Å². The predicted molar refractivity (Wildman–Crippen MR) is 86.9 cm³/mol. The minimum absolute atomic E-state index is 0.107. The molecule has 0 unspecified atom stereocenters. The SMILES string of the molecule is CCOC(=O)C(C#N)=Cc1ccc(C=C(C#N)C(=O)OCC)cc1. The Hall–Kier alpha value is -3.38. The summed E-state index contributed by atoms with van der Waals surface area (Å²) < 4.78 is 9.56. The van der Waals surface area contributed by atoms with Crippen LogP contribution in [0.5, 0.6) is 0 Å². The normalized spacial score (nSPS) is 11.2. The van der Waals surface area contributed by atoms with Crippen LogP contribution < -0.4 is 0 Å². The van der Waals surface area contributed by atoms with Gasteiger partial charge in [-0.3, -0.25) is 0 Å². The molecule has 0 aliphatic heterocycles. The first kappa shape index (κ1) is 18.7. The lowest BCUT2D eigenvalue weighted by Gasteiger charge is -2.01. The number of esters is 2. The maximum atomic E-state index is 11.6. The third-order valence-corrected chi connectivity index (χ3v) is 2.79. The molecule has 0 bridgehead atoms. The first-order valence-electron chi connectivity index (χ1n) is 7.23. The summed E-state index contributed by atoms with van der Waals surface area (Å²) in [5.74, 6) is -1.36. The summed E-state index contributed by atoms with van der Waals surface area (Å²) in [4.78, 5) is 23.1. The Morgan fingerprint density at radius 1 is 0.875 bits per heavy atom. The number of benzene rings is 1. The Labute approximate surface area is 140 Å². The Morgan fingerprint density at radius 2 is 1.21 bits per heavy atom. The molecule has 1 aromatic rings. The molecule has 0 fully saturated rings. The molecule has 6 nitrogen and oxygen atoms in total. The van der Waals surface area contributed by atoms with Gasteiger partial charge in [0.25, 0.3) is 0 Å². The fourth-order valence-corrected chi connectivity index (χ4v) is 1.71. The molecule has 0 saturated carbocycles. The van der Waals surface area contributed by atoms with Gasteiger partial charge in [-0.15, -0.1) is 0 Å². The lowest BCUT2D eigenvalue weighted by atomic mass is 10.1. The zero-order chi connectivity index (χ0) is 17.9. The maximum absolute atomic E-state index is 11.6. The molecule has 0 radical (unpaired) electrons. The molecule has 24 heavy (non-hydrogen) atoms. The first-order chi connectivity index (χ1) is 11.5. The van der Waals surface area contributed by atoms with E-state index >= 15 is 0 Å². The summed E-state index contributed by atoms with van der Waals surface area (Å²) in [6.07, 6.45) is 2.81. The zero-order valence-electron chi connectivity index (χ0n) is 13.4. The lowest BCUT2D eigenvalue weighted by molar-refractivity contribution is -0.138. The summed E-state index contributed by atoms with van der Waals surface area (Å²) in [6, 6.07) is 10.2. The molecule has 1 rings (SSSR count). The summed E-state index contributed by atoms with van der Waals surface area (Å²) in [7, 11) is 0. The molecule has 0 atom stereocenters. The molecule has 0 amide bonds. The quantitative estimate of drug-likeness (QED) is 0.453. The van der Waals surface area contributed by atoms with Gasteiger partial charge in [-0.05, 0) is 37.1 Å². The van der Waals surface area contributed by atoms with Crippen molar-refractivity contribution in [1.82, 2.24) is 0 Å². The molecule has 0 saturated heterocycles. The summed E-state index contributed by atoms with van der Waals surface area (Å²) in [6.45, 7) is 3.69. The van der Waals surface area contributed by atoms with E-state index in [2.05, 4.69) is 0 Å². The van der Waals surface area contributed by atoms with Crippen molar-refractivity contribution in [2.24, 2.45) is 0 Å². The summed E-state index contributed by atoms with van der Waals surface area (Å²) >= 11 is 0. The molecule has 122 valence electrons. The number of hydrogen-bond donors (Lipinski definition) is 0. The van der Waals surface area contributed by atoms with E-state index in [9.17, 15) is 9.59 Å². The van der Waals surface area contributed by atoms with Crippen molar-refractivity contribution in [1.29, 1.82) is 10.5 Å². The van der Waals surface area contributed by atoms with Crippen molar-refractivity contribution >= 4 is 24.1 Å². The van der Waals surface area contributed by atoms with E-state index in [-0.39, 0.29) is 24.4 Å². The number of nitriles is 2. The molecule has 0 aliphatic carbocycles. The van der Waals surface area contributed by atoms with Crippen molar-refractivity contribution in [2.45, 2.75) is 13.8 Å². The third-order valence-electron chi connectivity index (χ3n) is 2.79. The second-order valence-corrected chi connectivity index (χ2v) is 4.45. The van der Waals surface area contributed by atoms with Gasteiger partial charge in [0.15, 0.2) is 0 Å². The zero-order valence-corrected chi connectivity index (χ0v) is 13.4. The molecule has 6 heteroatoms. The number of carbonyl (C=O) groups excluding carboxylic acids is 2. The fourth-order valence-electron chi connectivity index (χ4n) is 1.71. The smallest absolute Gasteiger partial charge is 0.348 e. The van der Waals surface area contributed by atoms with Gasteiger partial charge in [0, 0.05) is 0 Å². The number of nitrogens with zero attached hydrogens (tertiary/aromatic N) is 2. The van der Waals surface area contributed by atoms with E-state index in [1.165, 1.54) is 12.2 Å². The number of carbonyl (C=O) groups is 2. The van der Waals surface area contributed by atoms with Crippen molar-refractivity contribution < 1.29 is 19.1 Å². The van der Waals surface area contributed by atoms with Gasteiger partial charge in [-0.1, -0.05) is 24.3 Å². The Bertz CT molecular complexity index is 682. The number of ether oxygens (including phenoxy) is 2. The van der Waals surface area contributed by atoms with Crippen molar-refractivity contribution in [3.63, 3.8) is 0 Å². The van der Waals surface area contributed by atoms with Gasteiger partial charge >= 0.3 is 11.9 Å². The van der Waals surface area contributed by atoms with Crippen LogP contribution in [0.15, 0.2) is 35.4 Å². The van der Waals surface area contributed by atoms with Crippen LogP contribution in [0.1, 0.15) is 25.0 Å². The monoisotopic (exact) mass is 324 g/mol. The van der Waals surface area contributed by atoms with Gasteiger partial charge < -0.3 is 9.47 Å². The van der Waals surface area contributed by atoms with Crippen LogP contribution >= 0.6 is 0 Å². The van der Waals surface area contributed by atoms with Crippen molar-refractivity contribution in [3.05, 3.63) is 46.5 Å². The minimum atomic E-state index is -0.682. The Balaban J connectivity index is 3.01. The lowest BCUT2D eigenvalue weighted by Crippen LogP contribution is -2.06. The second kappa shape index (κ2) is 9.60. The van der Waals surface area contributed by atoms with Crippen LogP contribution in [-0.4, -0.2) is 25.2 Å². The molecule has 0 spiro atoms. The van der Waals surface area contributed by atoms with E-state index < -0.39 is 11.9 Å². The summed E-state index contributed by atoms with van der Waals surface area (Å²) in [5.41, 5.74) is 1.02. The number of rotatable bonds is 6. The van der Waals surface area contributed by atoms with E-state index in [1.807, 2.05) is 0 Å². The topological polar surface area (TPSA) is 100 Å². The second-order valence-electron chi connectivity index (χ2n) is 4.45. The van der Waals surface area contributed by atoms with Crippen LogP contribution in [0.2, 0.25) is 0 Å². The molecule has 0 aromatic heterocycles. The molecular weight excluding hydrogens is 308 g/mol. The van der Waals surface area contributed by atoms with Gasteiger partial charge in [-0.2, -0.15) is 10.5 Å². The Kier molecular flexibility index (Phi) is 7.47. The summed E-state index contributed by atoms with van der Waals surface area (Å²) in [5, 5.41) is 18.0. The van der Waals surface area contributed by atoms with Gasteiger partial charge in [0.05, 0.1) is 13.2 Å². The first-order valence-corrected chi connectivity index (χ1v) is 7.23. The van der Waals surface area contributed by atoms with Gasteiger partial charge in [-0.25, -0.2) is 9.59 Å². The average molecular weight is 324 g/mol. The van der Waals surface area contributed by atoms with Crippen LogP contribution in [0.25, 0.3) is 12.2 Å². The van der Waals surface area contributed by atoms with E-state index in [0.717, 1.165) is 0 Å². The number of hydrogen-bond acceptors (Lipinski definition) is 6. The molecule has 0 N–H and O–H groups in total. The van der Waals surface area contributed by atoms with Crippen molar-refractivity contribution in [3.8, 4) is 12.1 Å². The van der Waals surface area contributed by atoms with E-state index in [4.69, 9.17) is 20.0 Å². The minimum Gasteiger partial charge on any atom is -0.462 e. The van der Waals surface area contributed by atoms with Gasteiger partial charge in [0.1, 0.15) is 23.3 Å². The molecule has 1 aromatic carbocycles. The van der Waals surface area contributed by atoms with Crippen LogP contribution in [0.4, 0.5) is 0 Å². The highest BCUT2D eigenvalue weighted by Gasteiger charge is 2.11. The maximum Gasteiger partial charge on any atom is 0.348 e. The molecule has 0 aliphatic rings. The van der Waals surface area contributed by atoms with Gasteiger partial charge in [0.2, 0.25) is 0 Å². The third kappa shape index (κ3) is 5.43. The highest BCUT2D eigenvalue weighted by Crippen LogP contribution is 2.13. The largest absolute Gasteiger partial charge is 0.462 e. The Morgan fingerprint density at radius 3 is 1.46 bits per heavy atom. The predicted octanol–water partition coefficient (Wildman–Crippen LogP) is 2.63. The van der Waals surface area contributed by atoms with E-state index in [0.29, 0.717) is 11.1 Å². The standard InChI is InChI=1S/C18H16N2O4/c1-3-23-17(21)15(11-19)9-13-5-7-14(8-6-13)10-16(12-20)18(22)24-4-2/h5-10H,3-4H2,1-2H3. The van der Waals surface area contributed by atoms with Crippen LogP contribution in [-0.2, 0) is 19.1 Å². The fraction of sp³-hybridized carbons (Fsp3) is 0.222. The molecular formula is C18H16N2O4. The highest BCUT2D eigenvalue weighted by atomic mass is 16.5.